The first-order valence-corrected chi connectivity index (χ1v) is 9.16. The van der Waals surface area contributed by atoms with E-state index in [1.807, 2.05) is 60.7 Å². The Morgan fingerprint density at radius 2 is 1.50 bits per heavy atom. The summed E-state index contributed by atoms with van der Waals surface area (Å²) in [4.78, 5) is 24.5. The van der Waals surface area contributed by atoms with Crippen LogP contribution in [0.15, 0.2) is 60.7 Å². The fraction of sp³-hybridized carbons (Fsp3) is 0.364. The number of nitrogens with one attached hydrogen (secondary N) is 1. The average Bonchev–Trinajstić information content (AvgIpc) is 2.65. The quantitative estimate of drug-likeness (QED) is 0.715. The number of rotatable bonds is 7. The molecular formula is C22H27NO5. The normalized spacial score (nSPS) is 13.3. The van der Waals surface area contributed by atoms with Gasteiger partial charge in [0.05, 0.1) is 6.04 Å². The second-order valence-corrected chi connectivity index (χ2v) is 7.48. The lowest BCUT2D eigenvalue weighted by Crippen LogP contribution is -2.50. The average molecular weight is 385 g/mol. The lowest BCUT2D eigenvalue weighted by Gasteiger charge is -2.26. The smallest absolute Gasteiger partial charge is 0.407 e. The Balaban J connectivity index is 2.05. The third-order valence-corrected chi connectivity index (χ3v) is 3.85. The van der Waals surface area contributed by atoms with Crippen LogP contribution in [-0.2, 0) is 27.3 Å². The Morgan fingerprint density at radius 1 is 0.964 bits per heavy atom. The fourth-order valence-electron chi connectivity index (χ4n) is 2.55. The van der Waals surface area contributed by atoms with Gasteiger partial charge < -0.3 is 19.9 Å². The molecule has 6 nitrogen and oxygen atoms in total. The van der Waals surface area contributed by atoms with Gasteiger partial charge in [-0.15, -0.1) is 0 Å². The van der Waals surface area contributed by atoms with Crippen molar-refractivity contribution in [1.29, 1.82) is 0 Å². The molecule has 0 unspecified atom stereocenters. The van der Waals surface area contributed by atoms with Gasteiger partial charge in [-0.25, -0.2) is 9.59 Å². The van der Waals surface area contributed by atoms with Crippen LogP contribution in [0.3, 0.4) is 0 Å². The number of hydrogen-bond acceptors (Lipinski definition) is 5. The second-order valence-electron chi connectivity index (χ2n) is 7.48. The molecule has 2 aromatic rings. The summed E-state index contributed by atoms with van der Waals surface area (Å²) in [7, 11) is 0. The number of amides is 1. The van der Waals surface area contributed by atoms with Gasteiger partial charge in [-0.3, -0.25) is 0 Å². The SMILES string of the molecule is CC(C)(C)OC(=O)N[C@H](Cc1ccccc1)[C@@H](O)C(=O)OCc1ccccc1. The highest BCUT2D eigenvalue weighted by molar-refractivity contribution is 5.77. The van der Waals surface area contributed by atoms with E-state index >= 15 is 0 Å². The highest BCUT2D eigenvalue weighted by Gasteiger charge is 2.30. The Labute approximate surface area is 165 Å². The zero-order valence-electron chi connectivity index (χ0n) is 16.4. The second kappa shape index (κ2) is 9.90. The molecule has 0 spiro atoms. The zero-order chi connectivity index (χ0) is 20.6. The van der Waals surface area contributed by atoms with E-state index in [1.54, 1.807) is 20.8 Å². The molecule has 0 aliphatic heterocycles. The van der Waals surface area contributed by atoms with Crippen LogP contribution in [0.25, 0.3) is 0 Å². The van der Waals surface area contributed by atoms with Crippen LogP contribution in [0.1, 0.15) is 31.9 Å². The molecule has 0 aromatic heterocycles. The lowest BCUT2D eigenvalue weighted by molar-refractivity contribution is -0.156. The molecule has 0 fully saturated rings. The minimum Gasteiger partial charge on any atom is -0.459 e. The van der Waals surface area contributed by atoms with E-state index in [2.05, 4.69) is 5.32 Å². The van der Waals surface area contributed by atoms with Crippen molar-refractivity contribution < 1.29 is 24.2 Å². The van der Waals surface area contributed by atoms with Crippen molar-refractivity contribution in [2.75, 3.05) is 0 Å². The minimum atomic E-state index is -1.53. The van der Waals surface area contributed by atoms with E-state index < -0.39 is 29.8 Å². The number of alkyl carbamates (subject to hydrolysis) is 1. The summed E-state index contributed by atoms with van der Waals surface area (Å²) in [6.45, 7) is 5.26. The maximum absolute atomic E-state index is 12.4. The van der Waals surface area contributed by atoms with E-state index in [0.717, 1.165) is 11.1 Å². The van der Waals surface area contributed by atoms with Gasteiger partial charge in [0, 0.05) is 0 Å². The minimum absolute atomic E-state index is 0.0429. The molecule has 0 aliphatic rings. The predicted octanol–water partition coefficient (Wildman–Crippen LogP) is 3.23. The first-order chi connectivity index (χ1) is 13.2. The standard InChI is InChI=1S/C22H27NO5/c1-22(2,3)28-21(26)23-18(14-16-10-6-4-7-11-16)19(24)20(25)27-15-17-12-8-5-9-13-17/h4-13,18-19,24H,14-15H2,1-3H3,(H,23,26)/t18-,19-/m1/s1. The van der Waals surface area contributed by atoms with Crippen LogP contribution in [0.5, 0.6) is 0 Å². The monoisotopic (exact) mass is 385 g/mol. The number of aliphatic hydroxyl groups excluding tert-OH is 1. The van der Waals surface area contributed by atoms with Crippen LogP contribution < -0.4 is 5.32 Å². The van der Waals surface area contributed by atoms with Crippen molar-refractivity contribution >= 4 is 12.1 Å². The van der Waals surface area contributed by atoms with Gasteiger partial charge in [-0.2, -0.15) is 0 Å². The molecule has 6 heteroatoms. The number of esters is 1. The Kier molecular flexibility index (Phi) is 7.58. The van der Waals surface area contributed by atoms with Gasteiger partial charge in [-0.1, -0.05) is 60.7 Å². The largest absolute Gasteiger partial charge is 0.459 e. The molecule has 0 aliphatic carbocycles. The number of hydrogen-bond donors (Lipinski definition) is 2. The maximum Gasteiger partial charge on any atom is 0.407 e. The molecule has 0 saturated heterocycles. The topological polar surface area (TPSA) is 84.9 Å². The lowest BCUT2D eigenvalue weighted by atomic mass is 10.0. The first-order valence-electron chi connectivity index (χ1n) is 9.16. The highest BCUT2D eigenvalue weighted by Crippen LogP contribution is 2.12. The van der Waals surface area contributed by atoms with E-state index in [1.165, 1.54) is 0 Å². The van der Waals surface area contributed by atoms with Gasteiger partial charge >= 0.3 is 12.1 Å². The summed E-state index contributed by atoms with van der Waals surface area (Å²) < 4.78 is 10.5. The summed E-state index contributed by atoms with van der Waals surface area (Å²) in [5.41, 5.74) is 0.974. The number of carbonyl (C=O) groups is 2. The van der Waals surface area contributed by atoms with Crippen molar-refractivity contribution in [2.45, 2.75) is 51.5 Å². The van der Waals surface area contributed by atoms with Crippen LogP contribution in [-0.4, -0.2) is 34.9 Å². The number of benzene rings is 2. The Bertz CT molecular complexity index is 756. The Morgan fingerprint density at radius 3 is 2.04 bits per heavy atom. The molecule has 2 aromatic carbocycles. The van der Waals surface area contributed by atoms with E-state index in [4.69, 9.17) is 9.47 Å². The molecule has 0 heterocycles. The van der Waals surface area contributed by atoms with Gasteiger partial charge in [0.15, 0.2) is 6.10 Å². The van der Waals surface area contributed by atoms with Gasteiger partial charge in [0.2, 0.25) is 0 Å². The number of ether oxygens (including phenoxy) is 2. The van der Waals surface area contributed by atoms with Crippen LogP contribution in [0.4, 0.5) is 4.79 Å². The van der Waals surface area contributed by atoms with Crippen molar-refractivity contribution in [1.82, 2.24) is 5.32 Å². The summed E-state index contributed by atoms with van der Waals surface area (Å²) in [6, 6.07) is 17.5. The van der Waals surface area contributed by atoms with Crippen LogP contribution >= 0.6 is 0 Å². The van der Waals surface area contributed by atoms with Gasteiger partial charge in [0.25, 0.3) is 0 Å². The van der Waals surface area contributed by atoms with E-state index in [0.29, 0.717) is 0 Å². The summed E-state index contributed by atoms with van der Waals surface area (Å²) in [5, 5.41) is 13.1. The highest BCUT2D eigenvalue weighted by atomic mass is 16.6. The fourth-order valence-corrected chi connectivity index (χ4v) is 2.55. The Hall–Kier alpha value is -2.86. The van der Waals surface area contributed by atoms with Crippen molar-refractivity contribution in [2.24, 2.45) is 0 Å². The van der Waals surface area contributed by atoms with E-state index in [9.17, 15) is 14.7 Å². The third-order valence-electron chi connectivity index (χ3n) is 3.85. The van der Waals surface area contributed by atoms with Crippen LogP contribution in [0.2, 0.25) is 0 Å². The molecule has 150 valence electrons. The zero-order valence-corrected chi connectivity index (χ0v) is 16.4. The molecule has 2 N–H and O–H groups in total. The maximum atomic E-state index is 12.4. The summed E-state index contributed by atoms with van der Waals surface area (Å²) in [5.74, 6) is -0.805. The van der Waals surface area contributed by atoms with Gasteiger partial charge in [0.1, 0.15) is 12.2 Å². The third kappa shape index (κ3) is 7.40. The van der Waals surface area contributed by atoms with Crippen molar-refractivity contribution in [3.8, 4) is 0 Å². The summed E-state index contributed by atoms with van der Waals surface area (Å²) in [6.07, 6.45) is -1.98. The molecular weight excluding hydrogens is 358 g/mol. The molecule has 0 bridgehead atoms. The van der Waals surface area contributed by atoms with E-state index in [-0.39, 0.29) is 13.0 Å². The van der Waals surface area contributed by atoms with Gasteiger partial charge in [-0.05, 0) is 38.3 Å². The predicted molar refractivity (Wildman–Crippen MR) is 106 cm³/mol. The molecule has 0 saturated carbocycles. The first kappa shape index (κ1) is 21.4. The van der Waals surface area contributed by atoms with Crippen LogP contribution in [0, 0.1) is 0 Å². The van der Waals surface area contributed by atoms with Crippen molar-refractivity contribution in [3.63, 3.8) is 0 Å². The van der Waals surface area contributed by atoms with Crippen molar-refractivity contribution in [3.05, 3.63) is 71.8 Å². The molecule has 0 radical (unpaired) electrons. The molecule has 28 heavy (non-hydrogen) atoms. The molecule has 2 atom stereocenters. The summed E-state index contributed by atoms with van der Waals surface area (Å²) >= 11 is 0. The number of carbonyl (C=O) groups excluding carboxylic acids is 2. The number of aliphatic hydroxyl groups is 1. The molecule has 1 amide bonds. The molecule has 2 rings (SSSR count).